The van der Waals surface area contributed by atoms with Crippen LogP contribution in [0.25, 0.3) is 0 Å². The summed E-state index contributed by atoms with van der Waals surface area (Å²) in [5.74, 6) is -2.86. The molecule has 14 heteroatoms. The van der Waals surface area contributed by atoms with Crippen LogP contribution in [0, 0.1) is 18.7 Å². The van der Waals surface area contributed by atoms with Crippen molar-refractivity contribution >= 4 is 35.4 Å². The third-order valence-electron chi connectivity index (χ3n) is 6.57. The average Bonchev–Trinajstić information content (AvgIpc) is 3.15. The summed E-state index contributed by atoms with van der Waals surface area (Å²) < 4.78 is 62.8. The van der Waals surface area contributed by atoms with E-state index in [1.807, 2.05) is 0 Å². The number of amides is 3. The smallest absolute Gasteiger partial charge is 0.408 e. The summed E-state index contributed by atoms with van der Waals surface area (Å²) in [7, 11) is 1.69. The van der Waals surface area contributed by atoms with Crippen LogP contribution in [0.3, 0.4) is 0 Å². The van der Waals surface area contributed by atoms with Gasteiger partial charge in [0.25, 0.3) is 5.91 Å². The van der Waals surface area contributed by atoms with Gasteiger partial charge in [-0.15, -0.1) is 0 Å². The fourth-order valence-corrected chi connectivity index (χ4v) is 5.30. The average molecular weight is 558 g/mol. The fourth-order valence-electron chi connectivity index (χ4n) is 4.30. The second kappa shape index (κ2) is 10.8. The molecule has 38 heavy (non-hydrogen) atoms. The number of hydrogen-bond acceptors (Lipinski definition) is 6. The minimum absolute atomic E-state index is 0.0901. The molecule has 2 aliphatic rings. The lowest BCUT2D eigenvalue weighted by Gasteiger charge is -2.39. The number of halogens is 4. The lowest BCUT2D eigenvalue weighted by atomic mass is 9.93. The van der Waals surface area contributed by atoms with E-state index in [4.69, 9.17) is 4.74 Å². The van der Waals surface area contributed by atoms with Gasteiger partial charge >= 0.3 is 18.0 Å². The van der Waals surface area contributed by atoms with Gasteiger partial charge < -0.3 is 24.8 Å². The van der Waals surface area contributed by atoms with Crippen molar-refractivity contribution in [3.05, 3.63) is 41.5 Å². The summed E-state index contributed by atoms with van der Waals surface area (Å²) in [6, 6.07) is 1.82. The molecule has 4 rings (SSSR count). The van der Waals surface area contributed by atoms with E-state index in [1.165, 1.54) is 35.0 Å². The molecule has 3 heterocycles. The van der Waals surface area contributed by atoms with Crippen LogP contribution < -0.4 is 20.1 Å². The van der Waals surface area contributed by atoms with E-state index in [-0.39, 0.29) is 43.2 Å². The van der Waals surface area contributed by atoms with Crippen molar-refractivity contribution in [2.75, 3.05) is 25.0 Å². The van der Waals surface area contributed by atoms with Gasteiger partial charge in [0, 0.05) is 44.0 Å². The minimum atomic E-state index is -4.65. The summed E-state index contributed by atoms with van der Waals surface area (Å²) in [5.41, 5.74) is 1.10. The zero-order chi connectivity index (χ0) is 27.8. The topological polar surface area (TPSA) is 105 Å². The van der Waals surface area contributed by atoms with E-state index < -0.39 is 29.9 Å². The van der Waals surface area contributed by atoms with Crippen molar-refractivity contribution in [1.82, 2.24) is 19.5 Å². The lowest BCUT2D eigenvalue weighted by Crippen LogP contribution is -2.57. The first-order chi connectivity index (χ1) is 17.8. The van der Waals surface area contributed by atoms with E-state index in [0.29, 0.717) is 28.3 Å². The number of aromatic nitrogens is 1. The number of likely N-dealkylation sites (tertiary alicyclic amines) is 1. The molecule has 2 aliphatic heterocycles. The largest absolute Gasteiger partial charge is 0.490 e. The number of benzene rings is 1. The first-order valence-electron chi connectivity index (χ1n) is 11.8. The van der Waals surface area contributed by atoms with Gasteiger partial charge in [0.1, 0.15) is 11.9 Å². The van der Waals surface area contributed by atoms with E-state index >= 15 is 0 Å². The molecule has 0 bridgehead atoms. The van der Waals surface area contributed by atoms with Gasteiger partial charge in [0.15, 0.2) is 11.4 Å². The maximum Gasteiger partial charge on any atom is 0.408 e. The number of aryl methyl sites for hydroxylation is 2. The highest BCUT2D eigenvalue weighted by molar-refractivity contribution is 7.97. The molecule has 3 atom stereocenters. The second-order valence-corrected chi connectivity index (χ2v) is 10.3. The van der Waals surface area contributed by atoms with E-state index in [9.17, 15) is 31.9 Å². The maximum atomic E-state index is 13.6. The summed E-state index contributed by atoms with van der Waals surface area (Å²) >= 11 is 1.20. The normalized spacial score (nSPS) is 20.2. The Morgan fingerprint density at radius 2 is 2.00 bits per heavy atom. The SMILES string of the molecule is Cc1cc(NC(=O)c2c3c(cn2C)SN[C@@H]2CN(C(=O)C(=O)N[C@H](C)C(F)(F)F)CC[C@H]2CO3)ccc1F. The van der Waals surface area contributed by atoms with Crippen LogP contribution in [0.15, 0.2) is 29.3 Å². The zero-order valence-electron chi connectivity index (χ0n) is 20.8. The molecule has 0 spiro atoms. The third-order valence-corrected chi connectivity index (χ3v) is 7.50. The van der Waals surface area contributed by atoms with Crippen molar-refractivity contribution in [3.8, 4) is 5.75 Å². The zero-order valence-corrected chi connectivity index (χ0v) is 21.6. The molecule has 0 saturated carbocycles. The number of carbonyl (C=O) groups is 3. The number of carbonyl (C=O) groups excluding carboxylic acids is 3. The van der Waals surface area contributed by atoms with Gasteiger partial charge in [-0.1, -0.05) is 0 Å². The molecule has 1 fully saturated rings. The molecule has 1 aromatic heterocycles. The number of ether oxygens (including phenoxy) is 1. The van der Waals surface area contributed by atoms with E-state index in [1.54, 1.807) is 30.1 Å². The number of alkyl halides is 3. The van der Waals surface area contributed by atoms with Gasteiger partial charge in [-0.05, 0) is 56.0 Å². The molecular formula is C24H27F4N5O4S. The Kier molecular flexibility index (Phi) is 7.93. The van der Waals surface area contributed by atoms with Gasteiger partial charge in [-0.2, -0.15) is 13.2 Å². The van der Waals surface area contributed by atoms with Crippen molar-refractivity contribution in [2.45, 2.75) is 43.4 Å². The first kappa shape index (κ1) is 27.8. The highest BCUT2D eigenvalue weighted by atomic mass is 32.2. The van der Waals surface area contributed by atoms with Crippen LogP contribution in [0.4, 0.5) is 23.2 Å². The number of piperidine rings is 1. The predicted octanol–water partition coefficient (Wildman–Crippen LogP) is 3.00. The molecule has 206 valence electrons. The number of nitrogens with zero attached hydrogens (tertiary/aromatic N) is 2. The van der Waals surface area contributed by atoms with Crippen LogP contribution in [0.2, 0.25) is 0 Å². The molecule has 3 N–H and O–H groups in total. The number of rotatable bonds is 3. The number of hydrogen-bond donors (Lipinski definition) is 3. The summed E-state index contributed by atoms with van der Waals surface area (Å²) in [6.45, 7) is 2.85. The monoisotopic (exact) mass is 557 g/mol. The second-order valence-electron chi connectivity index (χ2n) is 9.37. The Bertz CT molecular complexity index is 1250. The van der Waals surface area contributed by atoms with Gasteiger partial charge in [0.2, 0.25) is 0 Å². The summed E-state index contributed by atoms with van der Waals surface area (Å²) in [6.07, 6.45) is -2.51. The fraction of sp³-hybridized carbons (Fsp3) is 0.458. The molecule has 1 aromatic carbocycles. The molecule has 1 saturated heterocycles. The van der Waals surface area contributed by atoms with Gasteiger partial charge in [-0.3, -0.25) is 19.1 Å². The van der Waals surface area contributed by atoms with Gasteiger partial charge in [0.05, 0.1) is 11.5 Å². The molecule has 2 aromatic rings. The Morgan fingerprint density at radius 3 is 2.68 bits per heavy atom. The maximum absolute atomic E-state index is 13.6. The minimum Gasteiger partial charge on any atom is -0.490 e. The Hall–Kier alpha value is -3.26. The van der Waals surface area contributed by atoms with Gasteiger partial charge in [-0.25, -0.2) is 4.39 Å². The van der Waals surface area contributed by atoms with Crippen molar-refractivity contribution in [3.63, 3.8) is 0 Å². The standard InChI is InChI=1S/C24H27F4N5O4S/c1-12-8-15(4-5-16(12)25)30-21(34)19-20-18(10-32(19)3)38-31-17-9-33(7-6-14(17)11-37-20)23(36)22(35)29-13(2)24(26,27)28/h4-5,8,10,13-14,17,31H,6-7,9,11H2,1-3H3,(H,29,35)(H,30,34)/t13-,14+,17-/m1/s1. The summed E-state index contributed by atoms with van der Waals surface area (Å²) in [4.78, 5) is 39.5. The highest BCUT2D eigenvalue weighted by Gasteiger charge is 2.40. The van der Waals surface area contributed by atoms with Crippen LogP contribution >= 0.6 is 11.9 Å². The quantitative estimate of drug-likeness (QED) is 0.305. The Balaban J connectivity index is 1.43. The molecule has 0 unspecified atom stereocenters. The molecule has 3 amide bonds. The van der Waals surface area contributed by atoms with Crippen molar-refractivity contribution in [2.24, 2.45) is 13.0 Å². The Labute approximate surface area is 220 Å². The first-order valence-corrected chi connectivity index (χ1v) is 12.6. The van der Waals surface area contributed by atoms with Crippen LogP contribution in [-0.2, 0) is 16.6 Å². The molecule has 0 radical (unpaired) electrons. The number of anilines is 1. The summed E-state index contributed by atoms with van der Waals surface area (Å²) in [5, 5.41) is 4.46. The predicted molar refractivity (Wildman–Crippen MR) is 131 cm³/mol. The Morgan fingerprint density at radius 1 is 1.26 bits per heavy atom. The third kappa shape index (κ3) is 5.90. The van der Waals surface area contributed by atoms with E-state index in [0.717, 1.165) is 6.92 Å². The highest BCUT2D eigenvalue weighted by Crippen LogP contribution is 2.37. The molecule has 0 aliphatic carbocycles. The van der Waals surface area contributed by atoms with Crippen LogP contribution in [0.1, 0.15) is 29.4 Å². The number of fused-ring (bicyclic) bond motifs is 2. The van der Waals surface area contributed by atoms with Crippen molar-refractivity contribution < 1.29 is 36.7 Å². The van der Waals surface area contributed by atoms with Crippen LogP contribution in [-0.4, -0.2) is 65.1 Å². The number of nitrogens with one attached hydrogen (secondary N) is 3. The molecule has 9 nitrogen and oxygen atoms in total. The van der Waals surface area contributed by atoms with Crippen molar-refractivity contribution in [1.29, 1.82) is 0 Å². The lowest BCUT2D eigenvalue weighted by molar-refractivity contribution is -0.162. The van der Waals surface area contributed by atoms with Crippen LogP contribution in [0.5, 0.6) is 5.75 Å². The van der Waals surface area contributed by atoms with E-state index in [2.05, 4.69) is 10.0 Å². The molecular weight excluding hydrogens is 530 g/mol.